The Morgan fingerprint density at radius 2 is 2.03 bits per heavy atom. The molecule has 8 nitrogen and oxygen atoms in total. The standard InChI is InChI=1S/C20H19N5O3S/c1-13-7-10-15(11-17(13)25(27)28)21-18(26)12-29-20-22-19(14-8-9-14)24(23-20)16-5-3-2-4-6-16/h2-7,10-11,14H,8-9,12H2,1H3,(H,21,26). The lowest BCUT2D eigenvalue weighted by molar-refractivity contribution is -0.385. The second-order valence-corrected chi connectivity index (χ2v) is 7.81. The number of hydrogen-bond acceptors (Lipinski definition) is 6. The average molecular weight is 409 g/mol. The molecule has 4 rings (SSSR count). The summed E-state index contributed by atoms with van der Waals surface area (Å²) in [5, 5.41) is 18.9. The molecule has 1 heterocycles. The molecule has 29 heavy (non-hydrogen) atoms. The lowest BCUT2D eigenvalue weighted by Crippen LogP contribution is -2.14. The molecule has 2 aromatic carbocycles. The van der Waals surface area contributed by atoms with Gasteiger partial charge in [0.15, 0.2) is 0 Å². The van der Waals surface area contributed by atoms with Crippen LogP contribution in [-0.4, -0.2) is 31.3 Å². The third-order valence-corrected chi connectivity index (χ3v) is 5.42. The van der Waals surface area contributed by atoms with Crippen molar-refractivity contribution in [2.24, 2.45) is 0 Å². The number of benzene rings is 2. The van der Waals surface area contributed by atoms with E-state index in [1.807, 2.05) is 35.0 Å². The van der Waals surface area contributed by atoms with Gasteiger partial charge < -0.3 is 5.32 Å². The summed E-state index contributed by atoms with van der Waals surface area (Å²) < 4.78 is 1.85. The number of carbonyl (C=O) groups excluding carboxylic acids is 1. The number of carbonyl (C=O) groups is 1. The minimum Gasteiger partial charge on any atom is -0.325 e. The molecule has 1 amide bonds. The van der Waals surface area contributed by atoms with Crippen LogP contribution in [0.25, 0.3) is 5.69 Å². The number of anilines is 1. The van der Waals surface area contributed by atoms with E-state index >= 15 is 0 Å². The number of hydrogen-bond donors (Lipinski definition) is 1. The Morgan fingerprint density at radius 1 is 1.28 bits per heavy atom. The number of aromatic nitrogens is 3. The Balaban J connectivity index is 1.43. The van der Waals surface area contributed by atoms with Gasteiger partial charge in [-0.2, -0.15) is 0 Å². The molecule has 0 radical (unpaired) electrons. The van der Waals surface area contributed by atoms with E-state index in [0.717, 1.165) is 24.4 Å². The van der Waals surface area contributed by atoms with Gasteiger partial charge in [-0.1, -0.05) is 36.0 Å². The van der Waals surface area contributed by atoms with Crippen molar-refractivity contribution in [1.82, 2.24) is 14.8 Å². The van der Waals surface area contributed by atoms with Crippen molar-refractivity contribution in [3.63, 3.8) is 0 Å². The summed E-state index contributed by atoms with van der Waals surface area (Å²) >= 11 is 1.25. The van der Waals surface area contributed by atoms with E-state index < -0.39 is 4.92 Å². The molecule has 1 saturated carbocycles. The van der Waals surface area contributed by atoms with E-state index in [0.29, 0.717) is 22.3 Å². The van der Waals surface area contributed by atoms with Gasteiger partial charge in [-0.05, 0) is 38.0 Å². The normalized spacial score (nSPS) is 13.3. The minimum atomic E-state index is -0.459. The van der Waals surface area contributed by atoms with Crippen molar-refractivity contribution in [3.8, 4) is 5.69 Å². The number of nitro benzene ring substituents is 1. The monoisotopic (exact) mass is 409 g/mol. The molecular weight excluding hydrogens is 390 g/mol. The van der Waals surface area contributed by atoms with Gasteiger partial charge in [-0.3, -0.25) is 14.9 Å². The minimum absolute atomic E-state index is 0.0206. The van der Waals surface area contributed by atoms with Crippen LogP contribution in [0.1, 0.15) is 30.1 Å². The molecule has 0 unspecified atom stereocenters. The molecule has 1 fully saturated rings. The van der Waals surface area contributed by atoms with Crippen molar-refractivity contribution < 1.29 is 9.72 Å². The molecular formula is C20H19N5O3S. The Bertz CT molecular complexity index is 1060. The van der Waals surface area contributed by atoms with Crippen molar-refractivity contribution in [2.75, 3.05) is 11.1 Å². The molecule has 3 aromatic rings. The highest BCUT2D eigenvalue weighted by atomic mass is 32.2. The lowest BCUT2D eigenvalue weighted by Gasteiger charge is -2.05. The van der Waals surface area contributed by atoms with Crippen LogP contribution in [-0.2, 0) is 4.79 Å². The number of rotatable bonds is 7. The molecule has 0 aliphatic heterocycles. The number of para-hydroxylation sites is 1. The second-order valence-electron chi connectivity index (χ2n) is 6.87. The maximum absolute atomic E-state index is 12.3. The van der Waals surface area contributed by atoms with Gasteiger partial charge in [0.25, 0.3) is 5.69 Å². The lowest BCUT2D eigenvalue weighted by atomic mass is 10.2. The molecule has 1 aromatic heterocycles. The quantitative estimate of drug-likeness (QED) is 0.358. The topological polar surface area (TPSA) is 103 Å². The largest absolute Gasteiger partial charge is 0.325 e. The first-order valence-corrected chi connectivity index (χ1v) is 10.2. The Hall–Kier alpha value is -3.20. The third-order valence-electron chi connectivity index (χ3n) is 4.58. The summed E-state index contributed by atoms with van der Waals surface area (Å²) in [5.41, 5.74) is 1.87. The zero-order chi connectivity index (χ0) is 20.4. The van der Waals surface area contributed by atoms with E-state index in [1.54, 1.807) is 19.1 Å². The Labute approximate surface area is 171 Å². The van der Waals surface area contributed by atoms with Crippen LogP contribution >= 0.6 is 11.8 Å². The van der Waals surface area contributed by atoms with Gasteiger partial charge in [0, 0.05) is 23.2 Å². The van der Waals surface area contributed by atoms with Gasteiger partial charge in [-0.15, -0.1) is 5.10 Å². The first-order valence-electron chi connectivity index (χ1n) is 9.21. The first kappa shape index (κ1) is 19.1. The van der Waals surface area contributed by atoms with Crippen molar-refractivity contribution in [2.45, 2.75) is 30.8 Å². The molecule has 0 spiro atoms. The van der Waals surface area contributed by atoms with Crippen LogP contribution in [0.15, 0.2) is 53.7 Å². The number of nitrogens with one attached hydrogen (secondary N) is 1. The summed E-state index contributed by atoms with van der Waals surface area (Å²) in [6, 6.07) is 14.4. The maximum atomic E-state index is 12.3. The maximum Gasteiger partial charge on any atom is 0.274 e. The van der Waals surface area contributed by atoms with Crippen molar-refractivity contribution in [3.05, 3.63) is 70.0 Å². The highest BCUT2D eigenvalue weighted by Gasteiger charge is 2.30. The van der Waals surface area contributed by atoms with Crippen LogP contribution in [0, 0.1) is 17.0 Å². The smallest absolute Gasteiger partial charge is 0.274 e. The summed E-state index contributed by atoms with van der Waals surface area (Å²) in [7, 11) is 0. The number of amides is 1. The average Bonchev–Trinajstić information content (AvgIpc) is 3.47. The van der Waals surface area contributed by atoms with Gasteiger partial charge in [0.05, 0.1) is 16.4 Å². The highest BCUT2D eigenvalue weighted by molar-refractivity contribution is 7.99. The summed E-state index contributed by atoms with van der Waals surface area (Å²) in [6.45, 7) is 1.66. The van der Waals surface area contributed by atoms with Crippen LogP contribution in [0.5, 0.6) is 0 Å². The molecule has 1 aliphatic rings. The van der Waals surface area contributed by atoms with Crippen molar-refractivity contribution >= 4 is 29.0 Å². The van der Waals surface area contributed by atoms with Crippen LogP contribution < -0.4 is 5.32 Å². The number of aryl methyl sites for hydroxylation is 1. The third kappa shape index (κ3) is 4.45. The summed E-state index contributed by atoms with van der Waals surface area (Å²) in [5.74, 6) is 1.19. The molecule has 148 valence electrons. The summed E-state index contributed by atoms with van der Waals surface area (Å²) in [6.07, 6.45) is 2.20. The van der Waals surface area contributed by atoms with E-state index in [9.17, 15) is 14.9 Å². The fourth-order valence-electron chi connectivity index (χ4n) is 2.94. The predicted octanol–water partition coefficient (Wildman–Crippen LogP) is 4.09. The van der Waals surface area contributed by atoms with Gasteiger partial charge in [0.2, 0.25) is 11.1 Å². The Morgan fingerprint density at radius 3 is 2.72 bits per heavy atom. The number of thioether (sulfide) groups is 1. The molecule has 1 aliphatic carbocycles. The van der Waals surface area contributed by atoms with E-state index in [4.69, 9.17) is 0 Å². The fourth-order valence-corrected chi connectivity index (χ4v) is 3.57. The number of nitrogens with zero attached hydrogens (tertiary/aromatic N) is 4. The summed E-state index contributed by atoms with van der Waals surface area (Å²) in [4.78, 5) is 27.5. The van der Waals surface area contributed by atoms with Gasteiger partial charge >= 0.3 is 0 Å². The van der Waals surface area contributed by atoms with Gasteiger partial charge in [0.1, 0.15) is 5.82 Å². The van der Waals surface area contributed by atoms with E-state index in [2.05, 4.69) is 15.4 Å². The van der Waals surface area contributed by atoms with Gasteiger partial charge in [-0.25, -0.2) is 9.67 Å². The van der Waals surface area contributed by atoms with Crippen molar-refractivity contribution in [1.29, 1.82) is 0 Å². The Kier molecular flexibility index (Phi) is 5.30. The second kappa shape index (κ2) is 8.04. The molecule has 0 bridgehead atoms. The molecule has 0 saturated heterocycles. The zero-order valence-electron chi connectivity index (χ0n) is 15.7. The van der Waals surface area contributed by atoms with E-state index in [1.165, 1.54) is 17.8 Å². The van der Waals surface area contributed by atoms with Crippen LogP contribution in [0.2, 0.25) is 0 Å². The van der Waals surface area contributed by atoms with Crippen LogP contribution in [0.4, 0.5) is 11.4 Å². The van der Waals surface area contributed by atoms with E-state index in [-0.39, 0.29) is 17.3 Å². The van der Waals surface area contributed by atoms with Crippen LogP contribution in [0.3, 0.4) is 0 Å². The molecule has 0 atom stereocenters. The SMILES string of the molecule is Cc1ccc(NC(=O)CSc2nc(C3CC3)n(-c3ccccc3)n2)cc1[N+](=O)[O-]. The number of nitro groups is 1. The predicted molar refractivity (Wildman–Crippen MR) is 111 cm³/mol. The zero-order valence-corrected chi connectivity index (χ0v) is 16.6. The molecule has 1 N–H and O–H groups in total. The highest BCUT2D eigenvalue weighted by Crippen LogP contribution is 2.40. The first-order chi connectivity index (χ1) is 14.0. The molecule has 9 heteroatoms. The fraction of sp³-hybridized carbons (Fsp3) is 0.250.